The van der Waals surface area contributed by atoms with E-state index in [1.54, 1.807) is 55.6 Å². The number of amides is 3. The van der Waals surface area contributed by atoms with Gasteiger partial charge in [-0.3, -0.25) is 19.2 Å². The van der Waals surface area contributed by atoms with E-state index >= 15 is 0 Å². The topological polar surface area (TPSA) is 111 Å². The van der Waals surface area contributed by atoms with Crippen molar-refractivity contribution in [3.05, 3.63) is 124 Å². The first-order chi connectivity index (χ1) is 21.4. The molecule has 0 fully saturated rings. The molecule has 5 aromatic rings. The Labute approximate surface area is 260 Å². The average Bonchev–Trinajstić information content (AvgIpc) is 3.59. The molecule has 1 unspecified atom stereocenters. The van der Waals surface area contributed by atoms with Crippen molar-refractivity contribution in [1.82, 2.24) is 14.9 Å². The van der Waals surface area contributed by atoms with Gasteiger partial charge in [0.15, 0.2) is 0 Å². The first-order valence-corrected chi connectivity index (χ1v) is 14.4. The highest BCUT2D eigenvalue weighted by atomic mass is 79.9. The average molecular weight is 656 g/mol. The lowest BCUT2D eigenvalue weighted by Gasteiger charge is -2.31. The third-order valence-corrected chi connectivity index (χ3v) is 7.87. The fraction of sp³-hybridized carbons (Fsp3) is 0.152. The van der Waals surface area contributed by atoms with Crippen molar-refractivity contribution in [1.29, 1.82) is 0 Å². The number of hydrogen-bond donors (Lipinski definition) is 0. The molecule has 3 amide bonds. The van der Waals surface area contributed by atoms with Crippen molar-refractivity contribution in [3.8, 4) is 11.6 Å². The number of aromatic nitrogens is 1. The quantitative estimate of drug-likeness (QED) is 0.163. The molecule has 1 atom stereocenters. The molecule has 0 saturated heterocycles. The maximum absolute atomic E-state index is 14.3. The highest BCUT2D eigenvalue weighted by Gasteiger charge is 2.39. The molecule has 0 bridgehead atoms. The van der Waals surface area contributed by atoms with E-state index in [1.165, 1.54) is 12.0 Å². The summed E-state index contributed by atoms with van der Waals surface area (Å²) in [4.78, 5) is 52.4. The number of rotatable bonds is 10. The van der Waals surface area contributed by atoms with Crippen LogP contribution in [0.1, 0.15) is 48.6 Å². The van der Waals surface area contributed by atoms with E-state index in [4.69, 9.17) is 18.7 Å². The first-order valence-electron chi connectivity index (χ1n) is 13.6. The summed E-state index contributed by atoms with van der Waals surface area (Å²) >= 11 is 3.39. The summed E-state index contributed by atoms with van der Waals surface area (Å²) in [5.41, 5.74) is 1.99. The molecule has 0 saturated carbocycles. The third kappa shape index (κ3) is 5.54. The van der Waals surface area contributed by atoms with Gasteiger partial charge in [0.25, 0.3) is 17.7 Å². The minimum absolute atomic E-state index is 0.107. The largest absolute Gasteiger partial charge is 0.497 e. The lowest BCUT2D eigenvalue weighted by atomic mass is 10.1. The molecule has 1 aliphatic rings. The number of nitrogens with zero attached hydrogens (tertiary/aromatic N) is 3. The smallest absolute Gasteiger partial charge is 0.285 e. The van der Waals surface area contributed by atoms with Crippen molar-refractivity contribution < 1.29 is 33.1 Å². The van der Waals surface area contributed by atoms with Gasteiger partial charge in [-0.25, -0.2) is 4.98 Å². The van der Waals surface area contributed by atoms with Crippen molar-refractivity contribution >= 4 is 44.6 Å². The van der Waals surface area contributed by atoms with Gasteiger partial charge in [-0.1, -0.05) is 42.5 Å². The molecule has 3 heterocycles. The monoisotopic (exact) mass is 655 g/mol. The molecular formula is C33H26BrN3O7. The number of methoxy groups -OCH3 is 2. The van der Waals surface area contributed by atoms with Crippen molar-refractivity contribution in [2.75, 3.05) is 20.8 Å². The second kappa shape index (κ2) is 12.3. The molecule has 0 radical (unpaired) electrons. The van der Waals surface area contributed by atoms with Gasteiger partial charge in [-0.05, 0) is 70.0 Å². The van der Waals surface area contributed by atoms with Crippen LogP contribution in [-0.4, -0.2) is 53.5 Å². The number of halogens is 1. The van der Waals surface area contributed by atoms with Gasteiger partial charge in [-0.15, -0.1) is 5.06 Å². The zero-order valence-electron chi connectivity index (χ0n) is 23.7. The van der Waals surface area contributed by atoms with Crippen LogP contribution in [-0.2, 0) is 11.4 Å². The number of para-hydroxylation sites is 1. The van der Waals surface area contributed by atoms with Crippen LogP contribution in [0.5, 0.6) is 11.6 Å². The van der Waals surface area contributed by atoms with Crippen LogP contribution in [0.4, 0.5) is 0 Å². The SMILES string of the molecule is COc1ccc(CN(C(=O)c2ccc(Br)c(OC)n2)C(CON2C(=O)c3ccccc3C2=O)c2cc3ccccc3o2)cc1. The normalized spacial score (nSPS) is 13.2. The van der Waals surface area contributed by atoms with Crippen molar-refractivity contribution in [3.63, 3.8) is 0 Å². The number of benzene rings is 3. The highest BCUT2D eigenvalue weighted by Crippen LogP contribution is 2.33. The molecule has 2 aromatic heterocycles. The summed E-state index contributed by atoms with van der Waals surface area (Å²) in [6.45, 7) is -0.170. The number of carbonyl (C=O) groups excluding carboxylic acids is 3. The number of imide groups is 1. The van der Waals surface area contributed by atoms with Gasteiger partial charge >= 0.3 is 0 Å². The molecule has 0 spiro atoms. The maximum atomic E-state index is 14.3. The Kier molecular flexibility index (Phi) is 8.14. The summed E-state index contributed by atoms with van der Waals surface area (Å²) in [5, 5.41) is 1.55. The molecule has 11 heteroatoms. The molecule has 1 aliphatic heterocycles. The van der Waals surface area contributed by atoms with Gasteiger partial charge < -0.3 is 18.8 Å². The van der Waals surface area contributed by atoms with Crippen LogP contribution in [0, 0.1) is 0 Å². The Bertz CT molecular complexity index is 1800. The number of carbonyl (C=O) groups is 3. The minimum Gasteiger partial charge on any atom is -0.497 e. The highest BCUT2D eigenvalue weighted by molar-refractivity contribution is 9.10. The fourth-order valence-corrected chi connectivity index (χ4v) is 5.39. The lowest BCUT2D eigenvalue weighted by Crippen LogP contribution is -2.40. The summed E-state index contributed by atoms with van der Waals surface area (Å²) in [5.74, 6) is -0.323. The van der Waals surface area contributed by atoms with Gasteiger partial charge in [0, 0.05) is 11.9 Å². The predicted octanol–water partition coefficient (Wildman–Crippen LogP) is 6.22. The van der Waals surface area contributed by atoms with E-state index in [0.717, 1.165) is 16.0 Å². The number of pyridine rings is 1. The van der Waals surface area contributed by atoms with E-state index in [-0.39, 0.29) is 35.9 Å². The number of fused-ring (bicyclic) bond motifs is 2. The molecule has 10 nitrogen and oxygen atoms in total. The number of hydrogen-bond acceptors (Lipinski definition) is 8. The Morgan fingerprint density at radius 2 is 1.59 bits per heavy atom. The Morgan fingerprint density at radius 1 is 0.909 bits per heavy atom. The van der Waals surface area contributed by atoms with Crippen LogP contribution < -0.4 is 9.47 Å². The summed E-state index contributed by atoms with van der Waals surface area (Å²) in [7, 11) is 3.04. The lowest BCUT2D eigenvalue weighted by molar-refractivity contribution is -0.108. The Morgan fingerprint density at radius 3 is 2.25 bits per heavy atom. The van der Waals surface area contributed by atoms with Crippen LogP contribution in [0.2, 0.25) is 0 Å². The van der Waals surface area contributed by atoms with Gasteiger partial charge in [0.1, 0.15) is 35.4 Å². The molecule has 222 valence electrons. The number of furan rings is 1. The van der Waals surface area contributed by atoms with Crippen LogP contribution >= 0.6 is 15.9 Å². The fourth-order valence-electron chi connectivity index (χ4n) is 5.01. The number of ether oxygens (including phenoxy) is 2. The van der Waals surface area contributed by atoms with Gasteiger partial charge in [0.05, 0.1) is 29.8 Å². The summed E-state index contributed by atoms with van der Waals surface area (Å²) in [6, 6.07) is 25.4. The molecule has 3 aromatic carbocycles. The molecule has 0 N–H and O–H groups in total. The van der Waals surface area contributed by atoms with Crippen molar-refractivity contribution in [2.24, 2.45) is 0 Å². The second-order valence-corrected chi connectivity index (χ2v) is 10.8. The zero-order valence-corrected chi connectivity index (χ0v) is 25.3. The third-order valence-electron chi connectivity index (χ3n) is 7.27. The van der Waals surface area contributed by atoms with Crippen molar-refractivity contribution in [2.45, 2.75) is 12.6 Å². The number of hydroxylamine groups is 2. The van der Waals surface area contributed by atoms with Crippen LogP contribution in [0.3, 0.4) is 0 Å². The van der Waals surface area contributed by atoms with E-state index in [1.807, 2.05) is 42.5 Å². The first kappa shape index (κ1) is 29.1. The van der Waals surface area contributed by atoms with Crippen LogP contribution in [0.25, 0.3) is 11.0 Å². The van der Waals surface area contributed by atoms with Gasteiger partial charge in [0.2, 0.25) is 5.88 Å². The molecular weight excluding hydrogens is 630 g/mol. The predicted molar refractivity (Wildman–Crippen MR) is 163 cm³/mol. The molecule has 0 aliphatic carbocycles. The van der Waals surface area contributed by atoms with E-state index in [2.05, 4.69) is 20.9 Å². The van der Waals surface area contributed by atoms with E-state index < -0.39 is 23.8 Å². The minimum atomic E-state index is -0.891. The maximum Gasteiger partial charge on any atom is 0.285 e. The van der Waals surface area contributed by atoms with E-state index in [9.17, 15) is 14.4 Å². The molecule has 6 rings (SSSR count). The standard InChI is InChI=1S/C33H26BrN3O7/c1-41-22-13-11-20(12-14-22)18-36(33(40)26-16-15-25(34)30(35-26)42-2)27(29-17-21-7-3-6-10-28(21)44-29)19-43-37-31(38)23-8-4-5-9-24(23)32(37)39/h3-17,27H,18-19H2,1-2H3. The van der Waals surface area contributed by atoms with E-state index in [0.29, 0.717) is 21.6 Å². The van der Waals surface area contributed by atoms with Gasteiger partial charge in [-0.2, -0.15) is 0 Å². The zero-order chi connectivity index (χ0) is 30.8. The Balaban J connectivity index is 1.41. The summed E-state index contributed by atoms with van der Waals surface area (Å²) < 4.78 is 17.5. The molecule has 44 heavy (non-hydrogen) atoms. The second-order valence-electron chi connectivity index (χ2n) is 9.92. The van der Waals surface area contributed by atoms with Crippen LogP contribution in [0.15, 0.2) is 99.9 Å². The Hall–Kier alpha value is -5.00. The summed E-state index contributed by atoms with van der Waals surface area (Å²) in [6.07, 6.45) is 0.